The molecule has 16 heavy (non-hydrogen) atoms. The number of nitrogens with two attached hydrogens (primary N) is 1. The summed E-state index contributed by atoms with van der Waals surface area (Å²) >= 11 is 0. The van der Waals surface area contributed by atoms with Gasteiger partial charge in [-0.25, -0.2) is 0 Å². The predicted molar refractivity (Wildman–Crippen MR) is 68.6 cm³/mol. The number of rotatable bonds is 3. The lowest BCUT2D eigenvalue weighted by molar-refractivity contribution is 0.0966. The first-order valence-electron chi connectivity index (χ1n) is 5.69. The highest BCUT2D eigenvalue weighted by Gasteiger charge is 2.14. The van der Waals surface area contributed by atoms with Crippen LogP contribution < -0.4 is 5.73 Å². The van der Waals surface area contributed by atoms with Crippen molar-refractivity contribution in [3.63, 3.8) is 0 Å². The van der Waals surface area contributed by atoms with Gasteiger partial charge in [0.05, 0.1) is 0 Å². The van der Waals surface area contributed by atoms with E-state index in [4.69, 9.17) is 5.73 Å². The zero-order chi connectivity index (χ0) is 12.3. The third-order valence-corrected chi connectivity index (χ3v) is 2.70. The molecule has 0 bridgehead atoms. The van der Waals surface area contributed by atoms with Crippen molar-refractivity contribution in [2.45, 2.75) is 40.5 Å². The molecule has 0 unspecified atom stereocenters. The highest BCUT2D eigenvalue weighted by molar-refractivity contribution is 5.97. The average molecular weight is 219 g/mol. The van der Waals surface area contributed by atoms with Crippen LogP contribution in [0.5, 0.6) is 0 Å². The minimum atomic E-state index is 0.182. The van der Waals surface area contributed by atoms with Crippen LogP contribution in [-0.2, 0) is 0 Å². The van der Waals surface area contributed by atoms with Gasteiger partial charge in [0.2, 0.25) is 0 Å². The summed E-state index contributed by atoms with van der Waals surface area (Å²) < 4.78 is 0. The monoisotopic (exact) mass is 219 g/mol. The average Bonchev–Trinajstić information content (AvgIpc) is 2.17. The van der Waals surface area contributed by atoms with Crippen LogP contribution in [-0.4, -0.2) is 5.78 Å². The van der Waals surface area contributed by atoms with Crippen LogP contribution in [0.4, 0.5) is 5.69 Å². The van der Waals surface area contributed by atoms with E-state index in [1.54, 1.807) is 6.07 Å². The summed E-state index contributed by atoms with van der Waals surface area (Å²) in [6.07, 6.45) is 1.49. The van der Waals surface area contributed by atoms with Crippen LogP contribution in [0.2, 0.25) is 0 Å². The van der Waals surface area contributed by atoms with Crippen LogP contribution in [0, 0.1) is 12.3 Å². The number of benzene rings is 1. The van der Waals surface area contributed by atoms with Crippen molar-refractivity contribution < 1.29 is 4.79 Å². The fourth-order valence-electron chi connectivity index (χ4n) is 1.45. The Labute approximate surface area is 97.9 Å². The number of hydrogen-bond donors (Lipinski definition) is 1. The Hall–Kier alpha value is -1.31. The molecule has 0 aromatic heterocycles. The molecule has 1 rings (SSSR count). The summed E-state index contributed by atoms with van der Waals surface area (Å²) in [7, 11) is 0. The first kappa shape index (κ1) is 12.8. The summed E-state index contributed by atoms with van der Waals surface area (Å²) in [6.45, 7) is 8.37. The van der Waals surface area contributed by atoms with Gasteiger partial charge in [0.15, 0.2) is 5.78 Å². The number of carbonyl (C=O) groups is 1. The van der Waals surface area contributed by atoms with Crippen molar-refractivity contribution in [3.8, 4) is 0 Å². The Morgan fingerprint density at radius 1 is 1.31 bits per heavy atom. The number of Topliss-reactive ketones (excluding diaryl/α,β-unsaturated/α-hetero) is 1. The number of nitrogen functional groups attached to an aromatic ring is 1. The summed E-state index contributed by atoms with van der Waals surface area (Å²) in [5, 5.41) is 0. The molecule has 1 aromatic rings. The largest absolute Gasteiger partial charge is 0.398 e. The maximum absolute atomic E-state index is 11.9. The number of anilines is 1. The summed E-state index contributed by atoms with van der Waals surface area (Å²) in [6, 6.07) is 5.54. The van der Waals surface area contributed by atoms with Crippen molar-refractivity contribution >= 4 is 11.5 Å². The number of carbonyl (C=O) groups excluding carboxylic acids is 1. The van der Waals surface area contributed by atoms with Gasteiger partial charge >= 0.3 is 0 Å². The Kier molecular flexibility index (Phi) is 3.74. The van der Waals surface area contributed by atoms with Crippen LogP contribution >= 0.6 is 0 Å². The molecule has 0 saturated heterocycles. The van der Waals surface area contributed by atoms with E-state index in [0.717, 1.165) is 17.5 Å². The van der Waals surface area contributed by atoms with Crippen molar-refractivity contribution in [1.29, 1.82) is 0 Å². The van der Waals surface area contributed by atoms with Crippen molar-refractivity contribution in [2.24, 2.45) is 5.41 Å². The molecule has 0 heterocycles. The predicted octanol–water partition coefficient (Wildman–Crippen LogP) is 3.59. The van der Waals surface area contributed by atoms with E-state index in [-0.39, 0.29) is 11.2 Å². The quantitative estimate of drug-likeness (QED) is 0.623. The third kappa shape index (κ3) is 3.69. The molecule has 0 spiro atoms. The topological polar surface area (TPSA) is 43.1 Å². The van der Waals surface area contributed by atoms with E-state index in [1.807, 2.05) is 19.1 Å². The molecule has 88 valence electrons. The normalized spacial score (nSPS) is 11.5. The van der Waals surface area contributed by atoms with E-state index in [1.165, 1.54) is 0 Å². The molecule has 0 radical (unpaired) electrons. The molecule has 1 aromatic carbocycles. The molecule has 2 heteroatoms. The highest BCUT2D eigenvalue weighted by Crippen LogP contribution is 2.22. The molecule has 0 atom stereocenters. The Balaban J connectivity index is 2.70. The maximum Gasteiger partial charge on any atom is 0.162 e. The molecule has 0 saturated carbocycles. The second-order valence-electron chi connectivity index (χ2n) is 5.56. The molecular weight excluding hydrogens is 198 g/mol. The SMILES string of the molecule is Cc1ccc(C(=O)CCC(C)(C)C)cc1N. The van der Waals surface area contributed by atoms with Gasteiger partial charge in [0, 0.05) is 17.7 Å². The number of aryl methyl sites for hydroxylation is 1. The van der Waals surface area contributed by atoms with Gasteiger partial charge in [0.1, 0.15) is 0 Å². The molecule has 0 aliphatic carbocycles. The highest BCUT2D eigenvalue weighted by atomic mass is 16.1. The fraction of sp³-hybridized carbons (Fsp3) is 0.500. The van der Waals surface area contributed by atoms with Gasteiger partial charge in [-0.2, -0.15) is 0 Å². The summed E-state index contributed by atoms with van der Waals surface area (Å²) in [4.78, 5) is 11.9. The maximum atomic E-state index is 11.9. The Bertz CT molecular complexity index is 388. The Morgan fingerprint density at radius 2 is 1.94 bits per heavy atom. The van der Waals surface area contributed by atoms with Gasteiger partial charge in [-0.3, -0.25) is 4.79 Å². The van der Waals surface area contributed by atoms with Crippen LogP contribution in [0.15, 0.2) is 18.2 Å². The van der Waals surface area contributed by atoms with E-state index in [0.29, 0.717) is 12.1 Å². The molecule has 0 aliphatic heterocycles. The minimum Gasteiger partial charge on any atom is -0.398 e. The van der Waals surface area contributed by atoms with E-state index < -0.39 is 0 Å². The lowest BCUT2D eigenvalue weighted by atomic mass is 9.88. The van der Waals surface area contributed by atoms with E-state index in [9.17, 15) is 4.79 Å². The zero-order valence-corrected chi connectivity index (χ0v) is 10.6. The van der Waals surface area contributed by atoms with Crippen LogP contribution in [0.1, 0.15) is 49.5 Å². The van der Waals surface area contributed by atoms with Gasteiger partial charge in [-0.05, 0) is 30.4 Å². The molecular formula is C14H21NO. The van der Waals surface area contributed by atoms with Crippen molar-refractivity contribution in [3.05, 3.63) is 29.3 Å². The van der Waals surface area contributed by atoms with Crippen LogP contribution in [0.25, 0.3) is 0 Å². The third-order valence-electron chi connectivity index (χ3n) is 2.70. The van der Waals surface area contributed by atoms with E-state index >= 15 is 0 Å². The second-order valence-corrected chi connectivity index (χ2v) is 5.56. The summed E-state index contributed by atoms with van der Waals surface area (Å²) in [5.41, 5.74) is 8.43. The first-order valence-corrected chi connectivity index (χ1v) is 5.69. The van der Waals surface area contributed by atoms with Crippen molar-refractivity contribution in [2.75, 3.05) is 5.73 Å². The van der Waals surface area contributed by atoms with Gasteiger partial charge in [-0.1, -0.05) is 32.9 Å². The molecule has 0 fully saturated rings. The van der Waals surface area contributed by atoms with Crippen molar-refractivity contribution in [1.82, 2.24) is 0 Å². The molecule has 2 nitrogen and oxygen atoms in total. The Morgan fingerprint density at radius 3 is 2.44 bits per heavy atom. The lowest BCUT2D eigenvalue weighted by Crippen LogP contribution is -2.09. The standard InChI is InChI=1S/C14H21NO/c1-10-5-6-11(9-12(10)15)13(16)7-8-14(2,3)4/h5-6,9H,7-8,15H2,1-4H3. The zero-order valence-electron chi connectivity index (χ0n) is 10.6. The first-order chi connectivity index (χ1) is 7.29. The van der Waals surface area contributed by atoms with Gasteiger partial charge < -0.3 is 5.73 Å². The van der Waals surface area contributed by atoms with Gasteiger partial charge in [0.25, 0.3) is 0 Å². The molecule has 2 N–H and O–H groups in total. The molecule has 0 amide bonds. The van der Waals surface area contributed by atoms with E-state index in [2.05, 4.69) is 20.8 Å². The number of hydrogen-bond acceptors (Lipinski definition) is 2. The lowest BCUT2D eigenvalue weighted by Gasteiger charge is -2.17. The fourth-order valence-corrected chi connectivity index (χ4v) is 1.45. The smallest absolute Gasteiger partial charge is 0.162 e. The number of ketones is 1. The second kappa shape index (κ2) is 4.69. The summed E-state index contributed by atoms with van der Waals surface area (Å²) in [5.74, 6) is 0.182. The molecule has 0 aliphatic rings. The minimum absolute atomic E-state index is 0.182. The van der Waals surface area contributed by atoms with Gasteiger partial charge in [-0.15, -0.1) is 0 Å². The van der Waals surface area contributed by atoms with Crippen LogP contribution in [0.3, 0.4) is 0 Å².